The second-order valence-corrected chi connectivity index (χ2v) is 7.13. The topological polar surface area (TPSA) is 91.2 Å². The van der Waals surface area contributed by atoms with Crippen molar-refractivity contribution >= 4 is 17.7 Å². The fourth-order valence-corrected chi connectivity index (χ4v) is 3.43. The van der Waals surface area contributed by atoms with Crippen LogP contribution in [-0.2, 0) is 17.8 Å². The molecule has 0 fully saturated rings. The van der Waals surface area contributed by atoms with Gasteiger partial charge < -0.3 is 14.8 Å². The Morgan fingerprint density at radius 3 is 2.62 bits per heavy atom. The SMILES string of the molecule is COc1ccc(CCNC(=O)CSc2nnnn2Cc2ccccc2)cc1OC. The summed E-state index contributed by atoms with van der Waals surface area (Å²) in [5.74, 6) is 1.55. The Labute approximate surface area is 173 Å². The van der Waals surface area contributed by atoms with Crippen molar-refractivity contribution in [2.75, 3.05) is 26.5 Å². The molecule has 2 aromatic carbocycles. The first kappa shape index (κ1) is 20.7. The van der Waals surface area contributed by atoms with E-state index in [0.29, 0.717) is 36.2 Å². The number of aromatic nitrogens is 4. The molecule has 0 atom stereocenters. The lowest BCUT2D eigenvalue weighted by Gasteiger charge is -2.10. The molecule has 9 heteroatoms. The number of nitrogens with zero attached hydrogens (tertiary/aromatic N) is 4. The van der Waals surface area contributed by atoms with Crippen LogP contribution in [0.2, 0.25) is 0 Å². The highest BCUT2D eigenvalue weighted by Crippen LogP contribution is 2.27. The van der Waals surface area contributed by atoms with Crippen molar-refractivity contribution in [3.8, 4) is 11.5 Å². The lowest BCUT2D eigenvalue weighted by Crippen LogP contribution is -2.27. The molecule has 3 aromatic rings. The Morgan fingerprint density at radius 1 is 1.07 bits per heavy atom. The van der Waals surface area contributed by atoms with Crippen molar-refractivity contribution in [2.24, 2.45) is 0 Å². The molecule has 0 aliphatic heterocycles. The van der Waals surface area contributed by atoms with Crippen molar-refractivity contribution in [2.45, 2.75) is 18.1 Å². The van der Waals surface area contributed by atoms with Gasteiger partial charge in [0.1, 0.15) is 0 Å². The molecule has 152 valence electrons. The van der Waals surface area contributed by atoms with Gasteiger partial charge >= 0.3 is 0 Å². The molecule has 0 saturated carbocycles. The van der Waals surface area contributed by atoms with E-state index in [0.717, 1.165) is 11.1 Å². The summed E-state index contributed by atoms with van der Waals surface area (Å²) in [6, 6.07) is 15.7. The summed E-state index contributed by atoms with van der Waals surface area (Å²) in [5, 5.41) is 15.3. The largest absolute Gasteiger partial charge is 0.493 e. The fourth-order valence-electron chi connectivity index (χ4n) is 2.72. The third kappa shape index (κ3) is 5.95. The van der Waals surface area contributed by atoms with Crippen LogP contribution in [0, 0.1) is 0 Å². The maximum atomic E-state index is 12.2. The number of hydrogen-bond donors (Lipinski definition) is 1. The van der Waals surface area contributed by atoms with Crippen LogP contribution in [0.15, 0.2) is 53.7 Å². The van der Waals surface area contributed by atoms with Crippen molar-refractivity contribution < 1.29 is 14.3 Å². The normalized spacial score (nSPS) is 10.6. The lowest BCUT2D eigenvalue weighted by molar-refractivity contribution is -0.118. The van der Waals surface area contributed by atoms with E-state index in [9.17, 15) is 4.79 Å². The third-order valence-corrected chi connectivity index (χ3v) is 5.15. The van der Waals surface area contributed by atoms with E-state index in [1.165, 1.54) is 11.8 Å². The Bertz CT molecular complexity index is 933. The highest BCUT2D eigenvalue weighted by molar-refractivity contribution is 7.99. The first-order chi connectivity index (χ1) is 14.2. The van der Waals surface area contributed by atoms with E-state index in [-0.39, 0.29) is 11.7 Å². The molecule has 1 N–H and O–H groups in total. The van der Waals surface area contributed by atoms with Crippen molar-refractivity contribution in [3.63, 3.8) is 0 Å². The van der Waals surface area contributed by atoms with E-state index >= 15 is 0 Å². The molecular weight excluding hydrogens is 390 g/mol. The molecule has 0 spiro atoms. The molecule has 3 rings (SSSR count). The number of benzene rings is 2. The number of methoxy groups -OCH3 is 2. The second kappa shape index (κ2) is 10.5. The van der Waals surface area contributed by atoms with Crippen LogP contribution in [0.4, 0.5) is 0 Å². The molecule has 8 nitrogen and oxygen atoms in total. The van der Waals surface area contributed by atoms with Gasteiger partial charge in [-0.3, -0.25) is 4.79 Å². The smallest absolute Gasteiger partial charge is 0.230 e. The number of carbonyl (C=O) groups excluding carboxylic acids is 1. The first-order valence-electron chi connectivity index (χ1n) is 9.10. The lowest BCUT2D eigenvalue weighted by atomic mass is 10.1. The van der Waals surface area contributed by atoms with Gasteiger partial charge in [-0.2, -0.15) is 0 Å². The van der Waals surface area contributed by atoms with Crippen molar-refractivity contribution in [1.82, 2.24) is 25.5 Å². The molecule has 0 aliphatic carbocycles. The summed E-state index contributed by atoms with van der Waals surface area (Å²) in [6.45, 7) is 1.10. The summed E-state index contributed by atoms with van der Waals surface area (Å²) >= 11 is 1.32. The van der Waals surface area contributed by atoms with Crippen LogP contribution in [0.3, 0.4) is 0 Å². The Morgan fingerprint density at radius 2 is 1.86 bits per heavy atom. The summed E-state index contributed by atoms with van der Waals surface area (Å²) in [6.07, 6.45) is 0.697. The van der Waals surface area contributed by atoms with Gasteiger partial charge in [0.05, 0.1) is 26.5 Å². The third-order valence-electron chi connectivity index (χ3n) is 4.19. The van der Waals surface area contributed by atoms with Crippen molar-refractivity contribution in [3.05, 3.63) is 59.7 Å². The van der Waals surface area contributed by atoms with Gasteiger partial charge in [-0.15, -0.1) is 5.10 Å². The van der Waals surface area contributed by atoms with E-state index in [1.807, 2.05) is 48.5 Å². The monoisotopic (exact) mass is 413 g/mol. The van der Waals surface area contributed by atoms with E-state index < -0.39 is 0 Å². The highest BCUT2D eigenvalue weighted by atomic mass is 32.2. The van der Waals surface area contributed by atoms with Gasteiger partial charge in [-0.25, -0.2) is 4.68 Å². The number of hydrogen-bond acceptors (Lipinski definition) is 7. The molecule has 0 bridgehead atoms. The number of amides is 1. The summed E-state index contributed by atoms with van der Waals surface area (Å²) < 4.78 is 12.2. The number of nitrogens with one attached hydrogen (secondary N) is 1. The maximum Gasteiger partial charge on any atom is 0.230 e. The molecule has 1 aromatic heterocycles. The van der Waals surface area contributed by atoms with Gasteiger partial charge in [0, 0.05) is 6.54 Å². The van der Waals surface area contributed by atoms with Crippen LogP contribution in [-0.4, -0.2) is 52.6 Å². The molecule has 0 aliphatic rings. The van der Waals surface area contributed by atoms with Crippen LogP contribution in [0.25, 0.3) is 0 Å². The Hall–Kier alpha value is -3.07. The molecule has 1 heterocycles. The van der Waals surface area contributed by atoms with Gasteiger partial charge in [0.25, 0.3) is 0 Å². The quantitative estimate of drug-likeness (QED) is 0.510. The minimum absolute atomic E-state index is 0.0651. The van der Waals surface area contributed by atoms with Crippen LogP contribution in [0.5, 0.6) is 11.5 Å². The predicted molar refractivity (Wildman–Crippen MR) is 110 cm³/mol. The van der Waals surface area contributed by atoms with Crippen LogP contribution in [0.1, 0.15) is 11.1 Å². The van der Waals surface area contributed by atoms with Crippen molar-refractivity contribution in [1.29, 1.82) is 0 Å². The van der Waals surface area contributed by atoms with Crippen LogP contribution >= 0.6 is 11.8 Å². The zero-order valence-electron chi connectivity index (χ0n) is 16.4. The molecule has 0 unspecified atom stereocenters. The predicted octanol–water partition coefficient (Wildman–Crippen LogP) is 2.19. The Kier molecular flexibility index (Phi) is 7.46. The number of carbonyl (C=O) groups is 1. The molecule has 0 saturated heterocycles. The van der Waals surface area contributed by atoms with Gasteiger partial charge in [-0.05, 0) is 40.1 Å². The van der Waals surface area contributed by atoms with Crippen LogP contribution < -0.4 is 14.8 Å². The highest BCUT2D eigenvalue weighted by Gasteiger charge is 2.11. The van der Waals surface area contributed by atoms with E-state index in [1.54, 1.807) is 18.9 Å². The zero-order valence-corrected chi connectivity index (χ0v) is 17.2. The molecular formula is C20H23N5O3S. The zero-order chi connectivity index (χ0) is 20.5. The second-order valence-electron chi connectivity index (χ2n) is 6.18. The standard InChI is InChI=1S/C20H23N5O3S/c1-27-17-9-8-15(12-18(17)28-2)10-11-21-19(26)14-29-20-22-23-24-25(20)13-16-6-4-3-5-7-16/h3-9,12H,10-11,13-14H2,1-2H3,(H,21,26). The molecule has 0 radical (unpaired) electrons. The fraction of sp³-hybridized carbons (Fsp3) is 0.300. The summed E-state index contributed by atoms with van der Waals surface area (Å²) in [4.78, 5) is 12.2. The maximum absolute atomic E-state index is 12.2. The number of rotatable bonds is 10. The van der Waals surface area contributed by atoms with Gasteiger partial charge in [-0.1, -0.05) is 48.2 Å². The number of thioether (sulfide) groups is 1. The number of ether oxygens (including phenoxy) is 2. The Balaban J connectivity index is 1.45. The molecule has 29 heavy (non-hydrogen) atoms. The average molecular weight is 414 g/mol. The van der Waals surface area contributed by atoms with E-state index in [2.05, 4.69) is 20.8 Å². The minimum Gasteiger partial charge on any atom is -0.493 e. The number of tetrazole rings is 1. The van der Waals surface area contributed by atoms with Gasteiger partial charge in [0.15, 0.2) is 11.5 Å². The van der Waals surface area contributed by atoms with Gasteiger partial charge in [0.2, 0.25) is 11.1 Å². The molecule has 1 amide bonds. The first-order valence-corrected chi connectivity index (χ1v) is 10.1. The average Bonchev–Trinajstić information content (AvgIpc) is 3.19. The summed E-state index contributed by atoms with van der Waals surface area (Å²) in [7, 11) is 3.21. The minimum atomic E-state index is -0.0651. The summed E-state index contributed by atoms with van der Waals surface area (Å²) in [5.41, 5.74) is 2.16. The van der Waals surface area contributed by atoms with E-state index in [4.69, 9.17) is 9.47 Å².